The maximum Gasteiger partial charge on any atom is 0.203 e. The molecule has 0 fully saturated rings. The summed E-state index contributed by atoms with van der Waals surface area (Å²) >= 11 is 0. The summed E-state index contributed by atoms with van der Waals surface area (Å²) < 4.78 is 16.0. The number of rotatable bonds is 8. The predicted molar refractivity (Wildman–Crippen MR) is 83.4 cm³/mol. The molecule has 2 N–H and O–H groups in total. The van der Waals surface area contributed by atoms with Crippen molar-refractivity contribution in [1.29, 1.82) is 0 Å². The topological polar surface area (TPSA) is 60.0 Å². The van der Waals surface area contributed by atoms with E-state index in [9.17, 15) is 5.11 Å². The first-order chi connectivity index (χ1) is 9.94. The summed E-state index contributed by atoms with van der Waals surface area (Å²) in [5.41, 5.74) is 1.01. The Morgan fingerprint density at radius 2 is 1.52 bits per heavy atom. The Hall–Kier alpha value is -1.46. The van der Waals surface area contributed by atoms with Gasteiger partial charge in [0.2, 0.25) is 5.75 Å². The zero-order valence-electron chi connectivity index (χ0n) is 13.8. The van der Waals surface area contributed by atoms with Crippen molar-refractivity contribution in [3.63, 3.8) is 0 Å². The highest BCUT2D eigenvalue weighted by atomic mass is 16.5. The minimum absolute atomic E-state index is 0.0621. The van der Waals surface area contributed by atoms with Crippen LogP contribution in [0, 0.1) is 5.92 Å². The first-order valence-corrected chi connectivity index (χ1v) is 7.15. The summed E-state index contributed by atoms with van der Waals surface area (Å²) in [6.07, 6.45) is -0.366. The molecule has 0 saturated carbocycles. The third-order valence-corrected chi connectivity index (χ3v) is 3.59. The van der Waals surface area contributed by atoms with Crippen molar-refractivity contribution in [2.45, 2.75) is 32.9 Å². The van der Waals surface area contributed by atoms with E-state index in [0.29, 0.717) is 23.8 Å². The molecule has 1 aromatic rings. The fourth-order valence-corrected chi connectivity index (χ4v) is 2.00. The molecule has 0 heterocycles. The second-order valence-corrected chi connectivity index (χ2v) is 5.40. The summed E-state index contributed by atoms with van der Waals surface area (Å²) in [5, 5.41) is 13.2. The SMILES string of the molecule is COc1cc(C(C)NCC(O)C(C)C)cc(OC)c1OC. The Bertz CT molecular complexity index is 423. The standard InChI is InChI=1S/C16H27NO4/c1-10(2)13(18)9-17-11(3)12-7-14(19-4)16(21-6)15(8-12)20-5/h7-8,10-11,13,17-18H,9H2,1-6H3. The van der Waals surface area contributed by atoms with Crippen molar-refractivity contribution in [2.75, 3.05) is 27.9 Å². The molecule has 0 radical (unpaired) electrons. The van der Waals surface area contributed by atoms with Gasteiger partial charge in [-0.25, -0.2) is 0 Å². The van der Waals surface area contributed by atoms with E-state index in [1.165, 1.54) is 0 Å². The maximum atomic E-state index is 9.87. The summed E-state index contributed by atoms with van der Waals surface area (Å²) in [7, 11) is 4.78. The van der Waals surface area contributed by atoms with Gasteiger partial charge in [0, 0.05) is 12.6 Å². The third-order valence-electron chi connectivity index (χ3n) is 3.59. The van der Waals surface area contributed by atoms with Crippen molar-refractivity contribution >= 4 is 0 Å². The fourth-order valence-electron chi connectivity index (χ4n) is 2.00. The van der Waals surface area contributed by atoms with E-state index in [1.54, 1.807) is 21.3 Å². The van der Waals surface area contributed by atoms with Gasteiger partial charge in [0.05, 0.1) is 27.4 Å². The van der Waals surface area contributed by atoms with Crippen molar-refractivity contribution in [3.8, 4) is 17.2 Å². The largest absolute Gasteiger partial charge is 0.493 e. The van der Waals surface area contributed by atoms with Gasteiger partial charge in [-0.2, -0.15) is 0 Å². The third kappa shape index (κ3) is 4.51. The van der Waals surface area contributed by atoms with Crippen molar-refractivity contribution in [1.82, 2.24) is 5.32 Å². The molecule has 5 nitrogen and oxygen atoms in total. The van der Waals surface area contributed by atoms with E-state index in [4.69, 9.17) is 14.2 Å². The van der Waals surface area contributed by atoms with E-state index >= 15 is 0 Å². The average Bonchev–Trinajstić information content (AvgIpc) is 2.50. The van der Waals surface area contributed by atoms with Gasteiger partial charge in [-0.3, -0.25) is 0 Å². The van der Waals surface area contributed by atoms with Gasteiger partial charge in [0.15, 0.2) is 11.5 Å². The molecule has 2 unspecified atom stereocenters. The molecule has 0 spiro atoms. The zero-order valence-corrected chi connectivity index (χ0v) is 13.8. The zero-order chi connectivity index (χ0) is 16.0. The van der Waals surface area contributed by atoms with Gasteiger partial charge < -0.3 is 24.6 Å². The molecular weight excluding hydrogens is 270 g/mol. The maximum absolute atomic E-state index is 9.87. The van der Waals surface area contributed by atoms with Crippen LogP contribution in [0.5, 0.6) is 17.2 Å². The van der Waals surface area contributed by atoms with E-state index in [-0.39, 0.29) is 18.1 Å². The second kappa shape index (κ2) is 8.10. The van der Waals surface area contributed by atoms with E-state index in [2.05, 4.69) is 5.32 Å². The Morgan fingerprint density at radius 1 is 1.00 bits per heavy atom. The van der Waals surface area contributed by atoms with Crippen LogP contribution in [0.3, 0.4) is 0 Å². The smallest absolute Gasteiger partial charge is 0.203 e. The molecule has 2 atom stereocenters. The molecule has 0 saturated heterocycles. The van der Waals surface area contributed by atoms with Gasteiger partial charge in [0.1, 0.15) is 0 Å². The second-order valence-electron chi connectivity index (χ2n) is 5.40. The van der Waals surface area contributed by atoms with Gasteiger partial charge in [0.25, 0.3) is 0 Å². The van der Waals surface area contributed by atoms with Gasteiger partial charge in [-0.15, -0.1) is 0 Å². The number of methoxy groups -OCH3 is 3. The Balaban J connectivity index is 2.91. The summed E-state index contributed by atoms with van der Waals surface area (Å²) in [6, 6.07) is 3.90. The summed E-state index contributed by atoms with van der Waals surface area (Å²) in [6.45, 7) is 6.57. The highest BCUT2D eigenvalue weighted by Gasteiger charge is 2.17. The van der Waals surface area contributed by atoms with Crippen molar-refractivity contribution < 1.29 is 19.3 Å². The average molecular weight is 297 g/mol. The minimum Gasteiger partial charge on any atom is -0.493 e. The molecule has 0 aliphatic rings. The van der Waals surface area contributed by atoms with Gasteiger partial charge in [-0.05, 0) is 30.5 Å². The number of nitrogens with one attached hydrogen (secondary N) is 1. The molecular formula is C16H27NO4. The highest BCUT2D eigenvalue weighted by Crippen LogP contribution is 2.39. The van der Waals surface area contributed by atoms with Crippen LogP contribution in [-0.4, -0.2) is 39.1 Å². The Kier molecular flexibility index (Phi) is 6.78. The Morgan fingerprint density at radius 3 is 1.90 bits per heavy atom. The van der Waals surface area contributed by atoms with Crippen molar-refractivity contribution in [3.05, 3.63) is 17.7 Å². The van der Waals surface area contributed by atoms with Crippen LogP contribution in [0.2, 0.25) is 0 Å². The minimum atomic E-state index is -0.366. The molecule has 5 heteroatoms. The monoisotopic (exact) mass is 297 g/mol. The molecule has 0 aliphatic carbocycles. The van der Waals surface area contributed by atoms with Crippen LogP contribution in [0.4, 0.5) is 0 Å². The van der Waals surface area contributed by atoms with Gasteiger partial charge >= 0.3 is 0 Å². The van der Waals surface area contributed by atoms with Crippen LogP contribution in [-0.2, 0) is 0 Å². The summed E-state index contributed by atoms with van der Waals surface area (Å²) in [5.74, 6) is 2.07. The van der Waals surface area contributed by atoms with E-state index < -0.39 is 0 Å². The molecule has 0 aromatic heterocycles. The molecule has 1 rings (SSSR count). The number of aliphatic hydroxyl groups is 1. The van der Waals surface area contributed by atoms with Crippen LogP contribution >= 0.6 is 0 Å². The lowest BCUT2D eigenvalue weighted by molar-refractivity contribution is 0.120. The Labute approximate surface area is 127 Å². The number of aliphatic hydroxyl groups excluding tert-OH is 1. The lowest BCUT2D eigenvalue weighted by Gasteiger charge is -2.21. The first kappa shape index (κ1) is 17.6. The number of ether oxygens (including phenoxy) is 3. The molecule has 21 heavy (non-hydrogen) atoms. The lowest BCUT2D eigenvalue weighted by atomic mass is 10.0. The van der Waals surface area contributed by atoms with Crippen LogP contribution in [0.1, 0.15) is 32.4 Å². The number of benzene rings is 1. The highest BCUT2D eigenvalue weighted by molar-refractivity contribution is 5.54. The molecule has 0 aliphatic heterocycles. The number of hydrogen-bond acceptors (Lipinski definition) is 5. The molecule has 0 amide bonds. The van der Waals surface area contributed by atoms with E-state index in [0.717, 1.165) is 5.56 Å². The lowest BCUT2D eigenvalue weighted by Crippen LogP contribution is -2.32. The predicted octanol–water partition coefficient (Wildman–Crippen LogP) is 2.38. The molecule has 120 valence electrons. The van der Waals surface area contributed by atoms with Crippen LogP contribution < -0.4 is 19.5 Å². The quantitative estimate of drug-likeness (QED) is 0.771. The first-order valence-electron chi connectivity index (χ1n) is 7.15. The van der Waals surface area contributed by atoms with Crippen molar-refractivity contribution in [2.24, 2.45) is 5.92 Å². The number of hydrogen-bond donors (Lipinski definition) is 2. The van der Waals surface area contributed by atoms with E-state index in [1.807, 2.05) is 32.9 Å². The van der Waals surface area contributed by atoms with Crippen LogP contribution in [0.25, 0.3) is 0 Å². The fraction of sp³-hybridized carbons (Fsp3) is 0.625. The normalized spacial score (nSPS) is 13.9. The molecule has 0 bridgehead atoms. The molecule has 1 aromatic carbocycles. The van der Waals surface area contributed by atoms with Crippen LogP contribution in [0.15, 0.2) is 12.1 Å². The van der Waals surface area contributed by atoms with Gasteiger partial charge in [-0.1, -0.05) is 13.8 Å². The summed E-state index contributed by atoms with van der Waals surface area (Å²) in [4.78, 5) is 0.